The summed E-state index contributed by atoms with van der Waals surface area (Å²) in [7, 11) is 1.85. The van der Waals surface area contributed by atoms with Gasteiger partial charge < -0.3 is 16.0 Å². The van der Waals surface area contributed by atoms with Gasteiger partial charge in [-0.05, 0) is 31.3 Å². The predicted octanol–water partition coefficient (Wildman–Crippen LogP) is 1.59. The van der Waals surface area contributed by atoms with Crippen LogP contribution in [-0.4, -0.2) is 26.0 Å². The quantitative estimate of drug-likeness (QED) is 0.688. The van der Waals surface area contributed by atoms with E-state index in [1.54, 1.807) is 0 Å². The highest BCUT2D eigenvalue weighted by Crippen LogP contribution is 2.11. The predicted molar refractivity (Wildman–Crippen MR) is 75.5 cm³/mol. The molecule has 4 nitrogen and oxygen atoms in total. The molecule has 1 rings (SSSR count). The fourth-order valence-electron chi connectivity index (χ4n) is 1.69. The van der Waals surface area contributed by atoms with E-state index in [1.807, 2.05) is 32.2 Å². The van der Waals surface area contributed by atoms with E-state index in [1.165, 1.54) is 5.56 Å². The lowest BCUT2D eigenvalue weighted by Gasteiger charge is -2.12. The lowest BCUT2D eigenvalue weighted by atomic mass is 10.1. The van der Waals surface area contributed by atoms with Gasteiger partial charge in [0.2, 0.25) is 5.91 Å². The average molecular weight is 249 g/mol. The van der Waals surface area contributed by atoms with Crippen molar-refractivity contribution >= 4 is 11.6 Å². The molecule has 0 aliphatic heterocycles. The Bertz CT molecular complexity index is 379. The third-order valence-corrected chi connectivity index (χ3v) is 2.73. The molecule has 0 aliphatic carbocycles. The van der Waals surface area contributed by atoms with Gasteiger partial charge in [-0.15, -0.1) is 0 Å². The van der Waals surface area contributed by atoms with Gasteiger partial charge in [-0.2, -0.15) is 0 Å². The molecule has 0 bridgehead atoms. The van der Waals surface area contributed by atoms with E-state index in [-0.39, 0.29) is 11.8 Å². The Balaban J connectivity index is 2.58. The van der Waals surface area contributed by atoms with Crippen LogP contribution in [0.15, 0.2) is 24.3 Å². The fourth-order valence-corrected chi connectivity index (χ4v) is 1.69. The number of hydrogen-bond acceptors (Lipinski definition) is 3. The first kappa shape index (κ1) is 14.7. The minimum Gasteiger partial charge on any atom is -0.326 e. The van der Waals surface area contributed by atoms with Crippen LogP contribution in [0.4, 0.5) is 5.69 Å². The van der Waals surface area contributed by atoms with Gasteiger partial charge in [0.1, 0.15) is 0 Å². The summed E-state index contributed by atoms with van der Waals surface area (Å²) in [5, 5.41) is 9.20. The van der Waals surface area contributed by atoms with E-state index in [0.717, 1.165) is 18.8 Å². The van der Waals surface area contributed by atoms with Crippen molar-refractivity contribution in [3.63, 3.8) is 0 Å². The number of amides is 1. The van der Waals surface area contributed by atoms with Crippen LogP contribution in [0, 0.1) is 5.92 Å². The van der Waals surface area contributed by atoms with E-state index in [4.69, 9.17) is 0 Å². The Morgan fingerprint density at radius 2 is 2.17 bits per heavy atom. The second-order valence-electron chi connectivity index (χ2n) is 4.43. The molecule has 0 fully saturated rings. The van der Waals surface area contributed by atoms with Crippen LogP contribution in [-0.2, 0) is 11.3 Å². The highest BCUT2D eigenvalue weighted by Gasteiger charge is 2.11. The normalized spacial score (nSPS) is 12.2. The van der Waals surface area contributed by atoms with Gasteiger partial charge in [0, 0.05) is 24.7 Å². The molecule has 0 saturated heterocycles. The van der Waals surface area contributed by atoms with E-state index < -0.39 is 0 Å². The van der Waals surface area contributed by atoms with Crippen molar-refractivity contribution in [3.8, 4) is 0 Å². The third kappa shape index (κ3) is 4.85. The summed E-state index contributed by atoms with van der Waals surface area (Å²) in [5.74, 6) is 0.0115. The first-order chi connectivity index (χ1) is 8.67. The van der Waals surface area contributed by atoms with Gasteiger partial charge in [0.05, 0.1) is 0 Å². The van der Waals surface area contributed by atoms with Crippen molar-refractivity contribution in [2.45, 2.75) is 20.4 Å². The van der Waals surface area contributed by atoms with Gasteiger partial charge in [0.25, 0.3) is 0 Å². The Labute approximate surface area is 109 Å². The molecule has 0 aromatic heterocycles. The maximum atomic E-state index is 11.9. The molecule has 0 radical (unpaired) electrons. The van der Waals surface area contributed by atoms with Crippen molar-refractivity contribution < 1.29 is 4.79 Å². The molecule has 0 spiro atoms. The highest BCUT2D eigenvalue weighted by molar-refractivity contribution is 5.92. The fraction of sp³-hybridized carbons (Fsp3) is 0.500. The SMILES string of the molecule is CCNCc1cccc(NC(=O)C(C)CNC)c1. The number of anilines is 1. The molecule has 0 saturated carbocycles. The number of carbonyl (C=O) groups excluding carboxylic acids is 1. The van der Waals surface area contributed by atoms with Crippen molar-refractivity contribution in [1.82, 2.24) is 10.6 Å². The molecular formula is C14H23N3O. The third-order valence-electron chi connectivity index (χ3n) is 2.73. The summed E-state index contributed by atoms with van der Waals surface area (Å²) in [6.45, 7) is 6.43. The van der Waals surface area contributed by atoms with Crippen LogP contribution in [0.2, 0.25) is 0 Å². The number of hydrogen-bond donors (Lipinski definition) is 3. The Morgan fingerprint density at radius 3 is 2.83 bits per heavy atom. The van der Waals surface area contributed by atoms with Gasteiger partial charge in [-0.1, -0.05) is 26.0 Å². The molecule has 3 N–H and O–H groups in total. The van der Waals surface area contributed by atoms with Crippen LogP contribution < -0.4 is 16.0 Å². The monoisotopic (exact) mass is 249 g/mol. The molecule has 1 aromatic carbocycles. The number of nitrogens with one attached hydrogen (secondary N) is 3. The molecule has 1 aromatic rings. The molecule has 100 valence electrons. The summed E-state index contributed by atoms with van der Waals surface area (Å²) >= 11 is 0. The molecule has 0 aliphatic rings. The maximum absolute atomic E-state index is 11.9. The topological polar surface area (TPSA) is 53.2 Å². The standard InChI is InChI=1S/C14H23N3O/c1-4-16-10-12-6-5-7-13(8-12)17-14(18)11(2)9-15-3/h5-8,11,15-16H,4,9-10H2,1-3H3,(H,17,18). The zero-order chi connectivity index (χ0) is 13.4. The maximum Gasteiger partial charge on any atom is 0.228 e. The summed E-state index contributed by atoms with van der Waals surface area (Å²) in [6, 6.07) is 7.94. The Hall–Kier alpha value is -1.39. The molecule has 0 heterocycles. The van der Waals surface area contributed by atoms with Gasteiger partial charge in [-0.25, -0.2) is 0 Å². The molecule has 1 unspecified atom stereocenters. The van der Waals surface area contributed by atoms with Gasteiger partial charge in [-0.3, -0.25) is 4.79 Å². The van der Waals surface area contributed by atoms with Gasteiger partial charge in [0.15, 0.2) is 0 Å². The van der Waals surface area contributed by atoms with E-state index in [0.29, 0.717) is 6.54 Å². The minimum atomic E-state index is -0.0348. The van der Waals surface area contributed by atoms with Crippen LogP contribution in [0.5, 0.6) is 0 Å². The van der Waals surface area contributed by atoms with E-state index in [9.17, 15) is 4.79 Å². The number of benzene rings is 1. The summed E-state index contributed by atoms with van der Waals surface area (Å²) in [4.78, 5) is 11.9. The minimum absolute atomic E-state index is 0.0348. The lowest BCUT2D eigenvalue weighted by Crippen LogP contribution is -2.28. The van der Waals surface area contributed by atoms with Crippen molar-refractivity contribution in [2.24, 2.45) is 5.92 Å². The van der Waals surface area contributed by atoms with Crippen molar-refractivity contribution in [3.05, 3.63) is 29.8 Å². The second kappa shape index (κ2) is 7.84. The second-order valence-corrected chi connectivity index (χ2v) is 4.43. The Morgan fingerprint density at radius 1 is 1.39 bits per heavy atom. The largest absolute Gasteiger partial charge is 0.326 e. The zero-order valence-electron chi connectivity index (χ0n) is 11.4. The molecular weight excluding hydrogens is 226 g/mol. The first-order valence-corrected chi connectivity index (χ1v) is 6.42. The highest BCUT2D eigenvalue weighted by atomic mass is 16.1. The first-order valence-electron chi connectivity index (χ1n) is 6.42. The zero-order valence-corrected chi connectivity index (χ0v) is 11.4. The number of carbonyl (C=O) groups is 1. The molecule has 18 heavy (non-hydrogen) atoms. The van der Waals surface area contributed by atoms with Crippen LogP contribution in [0.3, 0.4) is 0 Å². The van der Waals surface area contributed by atoms with Crippen LogP contribution >= 0.6 is 0 Å². The number of rotatable bonds is 7. The van der Waals surface area contributed by atoms with Crippen molar-refractivity contribution in [1.29, 1.82) is 0 Å². The molecule has 4 heteroatoms. The summed E-state index contributed by atoms with van der Waals surface area (Å²) in [6.07, 6.45) is 0. The summed E-state index contributed by atoms with van der Waals surface area (Å²) < 4.78 is 0. The van der Waals surface area contributed by atoms with E-state index >= 15 is 0 Å². The summed E-state index contributed by atoms with van der Waals surface area (Å²) in [5.41, 5.74) is 2.04. The Kier molecular flexibility index (Phi) is 6.39. The molecule has 1 atom stereocenters. The van der Waals surface area contributed by atoms with Gasteiger partial charge >= 0.3 is 0 Å². The van der Waals surface area contributed by atoms with E-state index in [2.05, 4.69) is 28.9 Å². The smallest absolute Gasteiger partial charge is 0.228 e. The van der Waals surface area contributed by atoms with Crippen LogP contribution in [0.25, 0.3) is 0 Å². The van der Waals surface area contributed by atoms with Crippen molar-refractivity contribution in [2.75, 3.05) is 25.5 Å². The lowest BCUT2D eigenvalue weighted by molar-refractivity contribution is -0.119. The van der Waals surface area contributed by atoms with Crippen LogP contribution in [0.1, 0.15) is 19.4 Å². The molecule has 1 amide bonds. The average Bonchev–Trinajstić information content (AvgIpc) is 2.37.